The number of carbonyl (C=O) groups excluding carboxylic acids is 1. The molecule has 1 aliphatic carbocycles. The average Bonchev–Trinajstić information content (AvgIpc) is 2.48. The highest BCUT2D eigenvalue weighted by Gasteiger charge is 2.34. The quantitative estimate of drug-likeness (QED) is 0.645. The fourth-order valence-electron chi connectivity index (χ4n) is 2.55. The summed E-state index contributed by atoms with van der Waals surface area (Å²) >= 11 is 0. The van der Waals surface area contributed by atoms with E-state index in [0.29, 0.717) is 13.1 Å². The fraction of sp³-hybridized carbons (Fsp3) is 0.588. The highest BCUT2D eigenvalue weighted by atomic mass is 16.3. The second-order valence-electron chi connectivity index (χ2n) is 5.98. The molecule has 0 aromatic heterocycles. The number of aliphatic hydroxyl groups is 1. The van der Waals surface area contributed by atoms with E-state index >= 15 is 0 Å². The minimum atomic E-state index is -0.646. The first-order valence-corrected chi connectivity index (χ1v) is 7.96. The molecule has 0 spiro atoms. The third-order valence-electron chi connectivity index (χ3n) is 4.13. The largest absolute Gasteiger partial charge is 0.388 e. The van der Waals surface area contributed by atoms with Crippen molar-refractivity contribution in [3.63, 3.8) is 0 Å². The van der Waals surface area contributed by atoms with E-state index in [1.807, 2.05) is 6.07 Å². The average molecular weight is 290 g/mol. The first kappa shape index (κ1) is 15.8. The van der Waals surface area contributed by atoms with E-state index in [-0.39, 0.29) is 6.03 Å². The summed E-state index contributed by atoms with van der Waals surface area (Å²) in [6, 6.07) is 10.3. The van der Waals surface area contributed by atoms with Gasteiger partial charge >= 0.3 is 6.03 Å². The van der Waals surface area contributed by atoms with Crippen molar-refractivity contribution in [1.29, 1.82) is 0 Å². The van der Waals surface area contributed by atoms with Gasteiger partial charge in [0.2, 0.25) is 0 Å². The number of nitrogens with one attached hydrogen (secondary N) is 2. The second-order valence-corrected chi connectivity index (χ2v) is 5.98. The van der Waals surface area contributed by atoms with Crippen molar-refractivity contribution < 1.29 is 9.90 Å². The minimum absolute atomic E-state index is 0.168. The van der Waals surface area contributed by atoms with Gasteiger partial charge in [-0.15, -0.1) is 0 Å². The molecule has 4 nitrogen and oxygen atoms in total. The van der Waals surface area contributed by atoms with Crippen LogP contribution in [0.1, 0.15) is 44.1 Å². The van der Waals surface area contributed by atoms with Crippen molar-refractivity contribution in [3.05, 3.63) is 35.9 Å². The lowest BCUT2D eigenvalue weighted by Gasteiger charge is -2.36. The monoisotopic (exact) mass is 290 g/mol. The Labute approximate surface area is 126 Å². The predicted octanol–water partition coefficient (Wildman–Crippen LogP) is 2.61. The Hall–Kier alpha value is -1.55. The SMILES string of the molecule is O=C(NCCCCCc1ccccc1)NCC1(O)CCC1. The van der Waals surface area contributed by atoms with Gasteiger partial charge in [0, 0.05) is 13.1 Å². The van der Waals surface area contributed by atoms with Crippen molar-refractivity contribution in [2.75, 3.05) is 13.1 Å². The molecule has 116 valence electrons. The van der Waals surface area contributed by atoms with Crippen molar-refractivity contribution >= 4 is 6.03 Å². The first-order valence-electron chi connectivity index (χ1n) is 7.96. The molecule has 1 aromatic carbocycles. The van der Waals surface area contributed by atoms with Crippen LogP contribution in [-0.2, 0) is 6.42 Å². The van der Waals surface area contributed by atoms with Crippen LogP contribution in [0.25, 0.3) is 0 Å². The molecule has 0 heterocycles. The van der Waals surface area contributed by atoms with Crippen LogP contribution in [0, 0.1) is 0 Å². The molecule has 2 rings (SSSR count). The van der Waals surface area contributed by atoms with E-state index in [2.05, 4.69) is 34.9 Å². The maximum absolute atomic E-state index is 11.6. The Morgan fingerprint density at radius 2 is 1.86 bits per heavy atom. The lowest BCUT2D eigenvalue weighted by atomic mass is 9.80. The third kappa shape index (κ3) is 5.76. The Bertz CT molecular complexity index is 430. The number of rotatable bonds is 8. The number of hydrogen-bond donors (Lipinski definition) is 3. The van der Waals surface area contributed by atoms with Crippen LogP contribution in [0.3, 0.4) is 0 Å². The van der Waals surface area contributed by atoms with Crippen molar-refractivity contribution in [2.24, 2.45) is 0 Å². The predicted molar refractivity (Wildman–Crippen MR) is 84.2 cm³/mol. The number of benzene rings is 1. The van der Waals surface area contributed by atoms with Gasteiger partial charge < -0.3 is 15.7 Å². The van der Waals surface area contributed by atoms with Gasteiger partial charge in [0.1, 0.15) is 0 Å². The van der Waals surface area contributed by atoms with Gasteiger partial charge in [-0.3, -0.25) is 0 Å². The van der Waals surface area contributed by atoms with Crippen molar-refractivity contribution in [3.8, 4) is 0 Å². The molecule has 21 heavy (non-hydrogen) atoms. The number of amides is 2. The smallest absolute Gasteiger partial charge is 0.314 e. The summed E-state index contributed by atoms with van der Waals surface area (Å²) in [7, 11) is 0. The Morgan fingerprint density at radius 1 is 1.10 bits per heavy atom. The van der Waals surface area contributed by atoms with Crippen LogP contribution in [-0.4, -0.2) is 29.8 Å². The maximum Gasteiger partial charge on any atom is 0.314 e. The topological polar surface area (TPSA) is 61.4 Å². The normalized spacial score (nSPS) is 16.0. The van der Waals surface area contributed by atoms with Gasteiger partial charge in [-0.1, -0.05) is 36.8 Å². The standard InChI is InChI=1S/C17H26N2O2/c20-16(19-14-17(21)11-7-12-17)18-13-6-2-5-10-15-8-3-1-4-9-15/h1,3-4,8-9,21H,2,5-7,10-14H2,(H2,18,19,20). The molecule has 0 unspecified atom stereocenters. The number of aryl methyl sites for hydroxylation is 1. The van der Waals surface area contributed by atoms with E-state index in [4.69, 9.17) is 0 Å². The lowest BCUT2D eigenvalue weighted by molar-refractivity contribution is -0.0290. The summed E-state index contributed by atoms with van der Waals surface area (Å²) in [6.07, 6.45) is 7.00. The molecule has 0 bridgehead atoms. The number of carbonyl (C=O) groups is 1. The first-order chi connectivity index (χ1) is 10.2. The fourth-order valence-corrected chi connectivity index (χ4v) is 2.55. The molecule has 1 aliphatic rings. The molecule has 1 aromatic rings. The van der Waals surface area contributed by atoms with Crippen LogP contribution in [0.15, 0.2) is 30.3 Å². The molecule has 1 fully saturated rings. The van der Waals surface area contributed by atoms with E-state index in [1.54, 1.807) is 0 Å². The van der Waals surface area contributed by atoms with Gasteiger partial charge in [-0.05, 0) is 44.1 Å². The highest BCUT2D eigenvalue weighted by Crippen LogP contribution is 2.30. The number of urea groups is 1. The zero-order chi connectivity index (χ0) is 15.0. The number of hydrogen-bond acceptors (Lipinski definition) is 2. The van der Waals surface area contributed by atoms with E-state index < -0.39 is 5.60 Å². The molecular weight excluding hydrogens is 264 g/mol. The molecular formula is C17H26N2O2. The maximum atomic E-state index is 11.6. The molecule has 0 saturated heterocycles. The molecule has 0 atom stereocenters. The summed E-state index contributed by atoms with van der Waals surface area (Å²) in [5, 5.41) is 15.4. The highest BCUT2D eigenvalue weighted by molar-refractivity contribution is 5.73. The zero-order valence-corrected chi connectivity index (χ0v) is 12.6. The van der Waals surface area contributed by atoms with Crippen LogP contribution in [0.2, 0.25) is 0 Å². The van der Waals surface area contributed by atoms with Crippen LogP contribution in [0.5, 0.6) is 0 Å². The summed E-state index contributed by atoms with van der Waals surface area (Å²) in [5.41, 5.74) is 0.726. The van der Waals surface area contributed by atoms with E-state index in [1.165, 1.54) is 5.56 Å². The summed E-state index contributed by atoms with van der Waals surface area (Å²) in [4.78, 5) is 11.6. The van der Waals surface area contributed by atoms with Crippen LogP contribution < -0.4 is 10.6 Å². The van der Waals surface area contributed by atoms with Gasteiger partial charge in [-0.2, -0.15) is 0 Å². The van der Waals surface area contributed by atoms with Gasteiger partial charge in [-0.25, -0.2) is 4.79 Å². The Kier molecular flexibility index (Phi) is 6.05. The molecule has 4 heteroatoms. The summed E-state index contributed by atoms with van der Waals surface area (Å²) < 4.78 is 0. The third-order valence-corrected chi connectivity index (χ3v) is 4.13. The van der Waals surface area contributed by atoms with Crippen molar-refractivity contribution in [2.45, 2.75) is 50.5 Å². The van der Waals surface area contributed by atoms with Gasteiger partial charge in [0.05, 0.1) is 5.60 Å². The van der Waals surface area contributed by atoms with Crippen molar-refractivity contribution in [1.82, 2.24) is 10.6 Å². The summed E-state index contributed by atoms with van der Waals surface area (Å²) in [6.45, 7) is 1.06. The van der Waals surface area contributed by atoms with E-state index in [9.17, 15) is 9.90 Å². The Morgan fingerprint density at radius 3 is 2.52 bits per heavy atom. The molecule has 2 amide bonds. The number of unbranched alkanes of at least 4 members (excludes halogenated alkanes) is 2. The molecule has 0 radical (unpaired) electrons. The zero-order valence-electron chi connectivity index (χ0n) is 12.6. The molecule has 0 aliphatic heterocycles. The van der Waals surface area contributed by atoms with Crippen LogP contribution >= 0.6 is 0 Å². The summed E-state index contributed by atoms with van der Waals surface area (Å²) in [5.74, 6) is 0. The van der Waals surface area contributed by atoms with Gasteiger partial charge in [0.15, 0.2) is 0 Å². The van der Waals surface area contributed by atoms with E-state index in [0.717, 1.165) is 44.9 Å². The molecule has 1 saturated carbocycles. The Balaban J connectivity index is 1.45. The van der Waals surface area contributed by atoms with Crippen LogP contribution in [0.4, 0.5) is 4.79 Å². The lowest BCUT2D eigenvalue weighted by Crippen LogP contribution is -2.50. The molecule has 3 N–H and O–H groups in total. The minimum Gasteiger partial charge on any atom is -0.388 e. The van der Waals surface area contributed by atoms with Gasteiger partial charge in [0.25, 0.3) is 0 Å². The second kappa shape index (κ2) is 8.03.